The molecule has 144 valence electrons. The highest BCUT2D eigenvalue weighted by Gasteiger charge is 2.36. The van der Waals surface area contributed by atoms with Gasteiger partial charge in [0.15, 0.2) is 0 Å². The summed E-state index contributed by atoms with van der Waals surface area (Å²) in [5, 5.41) is 2.22. The molecule has 0 unspecified atom stereocenters. The number of carbonyl (C=O) groups excluding carboxylic acids is 3. The fraction of sp³-hybridized carbons (Fsp3) is 0.190. The molecule has 1 heterocycles. The topological polar surface area (TPSA) is 79.0 Å². The lowest BCUT2D eigenvalue weighted by atomic mass is 10.1. The maximum absolute atomic E-state index is 12.9. The van der Waals surface area contributed by atoms with E-state index >= 15 is 0 Å². The Balaban J connectivity index is 1.91. The number of urea groups is 1. The fourth-order valence-corrected chi connectivity index (χ4v) is 2.79. The molecular formula is C21H21N3O4. The Hall–Kier alpha value is -3.61. The zero-order valence-corrected chi connectivity index (χ0v) is 15.9. The lowest BCUT2D eigenvalue weighted by molar-refractivity contribution is -0.122. The summed E-state index contributed by atoms with van der Waals surface area (Å²) in [5.41, 5.74) is 1.93. The predicted molar refractivity (Wildman–Crippen MR) is 107 cm³/mol. The molecule has 0 radical (unpaired) electrons. The monoisotopic (exact) mass is 379 g/mol. The molecule has 2 aromatic rings. The molecule has 2 aromatic carbocycles. The Labute approximate surface area is 163 Å². The third-order valence-electron chi connectivity index (χ3n) is 4.23. The van der Waals surface area contributed by atoms with Gasteiger partial charge in [-0.25, -0.2) is 9.69 Å². The molecule has 0 atom stereocenters. The molecule has 0 saturated carbocycles. The first kappa shape index (κ1) is 19.2. The van der Waals surface area contributed by atoms with E-state index in [1.165, 1.54) is 6.08 Å². The predicted octanol–water partition coefficient (Wildman–Crippen LogP) is 2.82. The minimum atomic E-state index is -0.778. The largest absolute Gasteiger partial charge is 0.494 e. The van der Waals surface area contributed by atoms with Crippen LogP contribution in [0.2, 0.25) is 0 Å². The molecule has 1 saturated heterocycles. The third kappa shape index (κ3) is 3.88. The van der Waals surface area contributed by atoms with Gasteiger partial charge < -0.3 is 9.64 Å². The van der Waals surface area contributed by atoms with Crippen molar-refractivity contribution in [3.63, 3.8) is 0 Å². The van der Waals surface area contributed by atoms with Crippen molar-refractivity contribution >= 4 is 35.3 Å². The van der Waals surface area contributed by atoms with E-state index in [9.17, 15) is 14.4 Å². The molecule has 1 fully saturated rings. The Morgan fingerprint density at radius 2 is 1.64 bits per heavy atom. The van der Waals surface area contributed by atoms with Crippen molar-refractivity contribution in [1.82, 2.24) is 5.32 Å². The van der Waals surface area contributed by atoms with Gasteiger partial charge in [0.05, 0.1) is 12.3 Å². The first-order chi connectivity index (χ1) is 13.4. The van der Waals surface area contributed by atoms with Gasteiger partial charge in [-0.2, -0.15) is 0 Å². The molecule has 3 rings (SSSR count). The molecule has 0 bridgehead atoms. The van der Waals surface area contributed by atoms with Crippen molar-refractivity contribution in [3.05, 3.63) is 59.7 Å². The lowest BCUT2D eigenvalue weighted by Gasteiger charge is -2.26. The van der Waals surface area contributed by atoms with Gasteiger partial charge in [0.25, 0.3) is 11.8 Å². The normalized spacial score (nSPS) is 15.6. The molecule has 0 aliphatic carbocycles. The highest BCUT2D eigenvalue weighted by Crippen LogP contribution is 2.24. The molecule has 0 spiro atoms. The number of imide groups is 2. The summed E-state index contributed by atoms with van der Waals surface area (Å²) < 4.78 is 5.37. The molecule has 1 N–H and O–H groups in total. The van der Waals surface area contributed by atoms with Crippen LogP contribution in [0.1, 0.15) is 12.5 Å². The number of nitrogens with one attached hydrogen (secondary N) is 1. The van der Waals surface area contributed by atoms with Gasteiger partial charge in [0.2, 0.25) is 0 Å². The number of hydrogen-bond acceptors (Lipinski definition) is 5. The second kappa shape index (κ2) is 7.96. The van der Waals surface area contributed by atoms with Crippen LogP contribution in [0.25, 0.3) is 6.08 Å². The van der Waals surface area contributed by atoms with Gasteiger partial charge >= 0.3 is 6.03 Å². The Morgan fingerprint density at radius 3 is 2.21 bits per heavy atom. The van der Waals surface area contributed by atoms with Crippen molar-refractivity contribution in [2.75, 3.05) is 30.5 Å². The third-order valence-corrected chi connectivity index (χ3v) is 4.23. The summed E-state index contributed by atoms with van der Waals surface area (Å²) in [6, 6.07) is 13.1. The molecule has 1 aliphatic rings. The van der Waals surface area contributed by atoms with E-state index in [2.05, 4.69) is 5.32 Å². The van der Waals surface area contributed by atoms with Gasteiger partial charge in [0, 0.05) is 19.8 Å². The van der Waals surface area contributed by atoms with E-state index in [0.29, 0.717) is 23.6 Å². The van der Waals surface area contributed by atoms with Crippen molar-refractivity contribution < 1.29 is 19.1 Å². The maximum atomic E-state index is 12.9. The molecule has 1 aliphatic heterocycles. The van der Waals surface area contributed by atoms with Crippen molar-refractivity contribution in [3.8, 4) is 5.75 Å². The van der Waals surface area contributed by atoms with Gasteiger partial charge in [-0.15, -0.1) is 0 Å². The minimum Gasteiger partial charge on any atom is -0.494 e. The average Bonchev–Trinajstić information content (AvgIpc) is 2.67. The molecule has 4 amide bonds. The van der Waals surface area contributed by atoms with Crippen molar-refractivity contribution in [1.29, 1.82) is 0 Å². The van der Waals surface area contributed by atoms with E-state index in [-0.39, 0.29) is 5.57 Å². The first-order valence-electron chi connectivity index (χ1n) is 8.82. The molecular weight excluding hydrogens is 358 g/mol. The molecule has 7 nitrogen and oxygen atoms in total. The number of nitrogens with zero attached hydrogens (tertiary/aromatic N) is 2. The fourth-order valence-electron chi connectivity index (χ4n) is 2.79. The van der Waals surface area contributed by atoms with Crippen LogP contribution in [0.5, 0.6) is 5.75 Å². The summed E-state index contributed by atoms with van der Waals surface area (Å²) in [6.45, 7) is 2.37. The Kier molecular flexibility index (Phi) is 5.44. The second-order valence-electron chi connectivity index (χ2n) is 6.37. The van der Waals surface area contributed by atoms with Crippen LogP contribution in [0.3, 0.4) is 0 Å². The molecule has 0 aromatic heterocycles. The number of anilines is 2. The van der Waals surface area contributed by atoms with Crippen LogP contribution in [0.4, 0.5) is 16.2 Å². The SMILES string of the molecule is CCOc1ccc(N2C(=O)NC(=O)/C(=C/c3ccc(N(C)C)cc3)C2=O)cc1. The summed E-state index contributed by atoms with van der Waals surface area (Å²) in [4.78, 5) is 40.2. The highest BCUT2D eigenvalue weighted by molar-refractivity contribution is 6.39. The van der Waals surface area contributed by atoms with Crippen LogP contribution in [0, 0.1) is 0 Å². The number of carbonyl (C=O) groups is 3. The zero-order valence-electron chi connectivity index (χ0n) is 15.9. The zero-order chi connectivity index (χ0) is 20.3. The average molecular weight is 379 g/mol. The van der Waals surface area contributed by atoms with E-state index < -0.39 is 17.8 Å². The van der Waals surface area contributed by atoms with E-state index in [0.717, 1.165) is 10.6 Å². The molecule has 28 heavy (non-hydrogen) atoms. The summed E-state index contributed by atoms with van der Waals surface area (Å²) in [5.74, 6) is -0.757. The van der Waals surface area contributed by atoms with Gasteiger partial charge in [-0.1, -0.05) is 12.1 Å². The number of ether oxygens (including phenoxy) is 1. The van der Waals surface area contributed by atoms with E-state index in [1.54, 1.807) is 36.4 Å². The first-order valence-corrected chi connectivity index (χ1v) is 8.82. The Bertz CT molecular complexity index is 931. The van der Waals surface area contributed by atoms with Gasteiger partial charge in [-0.3, -0.25) is 14.9 Å². The van der Waals surface area contributed by atoms with Crippen molar-refractivity contribution in [2.24, 2.45) is 0 Å². The molecule has 7 heteroatoms. The second-order valence-corrected chi connectivity index (χ2v) is 6.37. The highest BCUT2D eigenvalue weighted by atomic mass is 16.5. The number of amides is 4. The van der Waals surface area contributed by atoms with Crippen LogP contribution < -0.4 is 19.9 Å². The maximum Gasteiger partial charge on any atom is 0.335 e. The quantitative estimate of drug-likeness (QED) is 0.638. The van der Waals surface area contributed by atoms with Gasteiger partial charge in [-0.05, 0) is 55.0 Å². The van der Waals surface area contributed by atoms with Crippen LogP contribution in [-0.4, -0.2) is 38.5 Å². The Morgan fingerprint density at radius 1 is 1.00 bits per heavy atom. The van der Waals surface area contributed by atoms with Crippen LogP contribution in [-0.2, 0) is 9.59 Å². The number of rotatable bonds is 5. The number of hydrogen-bond donors (Lipinski definition) is 1. The van der Waals surface area contributed by atoms with E-state index in [1.807, 2.05) is 38.1 Å². The number of barbiturate groups is 1. The minimum absolute atomic E-state index is 0.105. The smallest absolute Gasteiger partial charge is 0.335 e. The standard InChI is InChI=1S/C21H21N3O4/c1-4-28-17-11-9-16(10-12-17)24-20(26)18(19(25)22-21(24)27)13-14-5-7-15(8-6-14)23(2)3/h5-13H,4H2,1-3H3,(H,22,25,27)/b18-13-. The summed E-state index contributed by atoms with van der Waals surface area (Å²) in [7, 11) is 3.85. The number of benzene rings is 2. The summed E-state index contributed by atoms with van der Waals surface area (Å²) in [6.07, 6.45) is 1.48. The van der Waals surface area contributed by atoms with Crippen molar-refractivity contribution in [2.45, 2.75) is 6.92 Å². The van der Waals surface area contributed by atoms with Gasteiger partial charge in [0.1, 0.15) is 11.3 Å². The summed E-state index contributed by atoms with van der Waals surface area (Å²) >= 11 is 0. The van der Waals surface area contributed by atoms with E-state index in [4.69, 9.17) is 4.74 Å². The van der Waals surface area contributed by atoms with Crippen LogP contribution >= 0.6 is 0 Å². The van der Waals surface area contributed by atoms with Crippen LogP contribution in [0.15, 0.2) is 54.1 Å². The lowest BCUT2D eigenvalue weighted by Crippen LogP contribution is -2.54.